The van der Waals surface area contributed by atoms with Gasteiger partial charge in [-0.2, -0.15) is 0 Å². The van der Waals surface area contributed by atoms with Crippen molar-refractivity contribution in [1.29, 1.82) is 0 Å². The third-order valence-electron chi connectivity index (χ3n) is 2.90. The number of rotatable bonds is 3. The highest BCUT2D eigenvalue weighted by Gasteiger charge is 2.16. The van der Waals surface area contributed by atoms with Crippen molar-refractivity contribution in [3.8, 4) is 11.4 Å². The Morgan fingerprint density at radius 2 is 2.11 bits per heavy atom. The highest BCUT2D eigenvalue weighted by molar-refractivity contribution is 5.85. The summed E-state index contributed by atoms with van der Waals surface area (Å²) in [6, 6.07) is 7.51. The first-order valence-corrected chi connectivity index (χ1v) is 5.72. The third kappa shape index (κ3) is 1.83. The zero-order chi connectivity index (χ0) is 13.4. The highest BCUT2D eigenvalue weighted by Crippen LogP contribution is 2.29. The van der Waals surface area contributed by atoms with Crippen LogP contribution in [-0.2, 0) is 11.3 Å². The van der Waals surface area contributed by atoms with Crippen molar-refractivity contribution in [3.05, 3.63) is 36.8 Å². The molecule has 96 valence electrons. The van der Waals surface area contributed by atoms with Gasteiger partial charge in [0, 0.05) is 0 Å². The van der Waals surface area contributed by atoms with Crippen molar-refractivity contribution in [2.24, 2.45) is 5.73 Å². The molecule has 0 saturated heterocycles. The number of aromatic nitrogens is 2. The van der Waals surface area contributed by atoms with Gasteiger partial charge in [0.05, 0.1) is 22.3 Å². The SMILES string of the molecule is NC(=O)Cn1c(-c2cocc2N)nc2ccccc21. The summed E-state index contributed by atoms with van der Waals surface area (Å²) >= 11 is 0. The number of furan rings is 1. The van der Waals surface area contributed by atoms with E-state index in [1.165, 1.54) is 12.5 Å². The van der Waals surface area contributed by atoms with Crippen LogP contribution in [0.5, 0.6) is 0 Å². The Morgan fingerprint density at radius 1 is 1.32 bits per heavy atom. The standard InChI is InChI=1S/C13H12N4O2/c14-9-7-19-6-8(9)13-16-10-3-1-2-4-11(10)17(13)5-12(15)18/h1-4,6-7H,5,14H2,(H2,15,18). The van der Waals surface area contributed by atoms with Gasteiger partial charge in [-0.1, -0.05) is 12.1 Å². The lowest BCUT2D eigenvalue weighted by molar-refractivity contribution is -0.118. The second-order valence-corrected chi connectivity index (χ2v) is 4.22. The molecule has 3 aromatic rings. The molecule has 6 nitrogen and oxygen atoms in total. The number of hydrogen-bond donors (Lipinski definition) is 2. The minimum Gasteiger partial charge on any atom is -0.470 e. The summed E-state index contributed by atoms with van der Waals surface area (Å²) in [6.45, 7) is 0.0421. The van der Waals surface area contributed by atoms with E-state index >= 15 is 0 Å². The van der Waals surface area contributed by atoms with Gasteiger partial charge >= 0.3 is 0 Å². The first kappa shape index (κ1) is 11.3. The van der Waals surface area contributed by atoms with Crippen molar-refractivity contribution in [2.45, 2.75) is 6.54 Å². The number of anilines is 1. The lowest BCUT2D eigenvalue weighted by Gasteiger charge is -2.05. The van der Waals surface area contributed by atoms with Gasteiger partial charge in [0.1, 0.15) is 24.9 Å². The molecular formula is C13H12N4O2. The fourth-order valence-electron chi connectivity index (χ4n) is 2.09. The smallest absolute Gasteiger partial charge is 0.237 e. The van der Waals surface area contributed by atoms with Crippen LogP contribution >= 0.6 is 0 Å². The maximum absolute atomic E-state index is 11.2. The van der Waals surface area contributed by atoms with Crippen LogP contribution in [0.2, 0.25) is 0 Å². The van der Waals surface area contributed by atoms with E-state index < -0.39 is 5.91 Å². The average Bonchev–Trinajstić information content (AvgIpc) is 2.93. The van der Waals surface area contributed by atoms with Crippen molar-refractivity contribution >= 4 is 22.6 Å². The van der Waals surface area contributed by atoms with Crippen molar-refractivity contribution in [2.75, 3.05) is 5.73 Å². The van der Waals surface area contributed by atoms with E-state index in [9.17, 15) is 4.79 Å². The Balaban J connectivity index is 2.28. The molecule has 2 aromatic heterocycles. The van der Waals surface area contributed by atoms with Gasteiger partial charge in [0.2, 0.25) is 5.91 Å². The molecule has 0 aliphatic heterocycles. The summed E-state index contributed by atoms with van der Waals surface area (Å²) in [5.74, 6) is 0.137. The molecule has 1 aromatic carbocycles. The Labute approximate surface area is 108 Å². The molecule has 0 atom stereocenters. The number of primary amides is 1. The molecule has 0 radical (unpaired) electrons. The Morgan fingerprint density at radius 3 is 2.79 bits per heavy atom. The number of fused-ring (bicyclic) bond motifs is 1. The number of nitrogens with two attached hydrogens (primary N) is 2. The second-order valence-electron chi connectivity index (χ2n) is 4.22. The molecule has 1 amide bonds. The van der Waals surface area contributed by atoms with Gasteiger partial charge in [-0.05, 0) is 12.1 Å². The predicted molar refractivity (Wildman–Crippen MR) is 71.0 cm³/mol. The largest absolute Gasteiger partial charge is 0.470 e. The number of imidazole rings is 1. The lowest BCUT2D eigenvalue weighted by atomic mass is 10.3. The Hall–Kier alpha value is -2.76. The minimum atomic E-state index is -0.438. The van der Waals surface area contributed by atoms with Crippen molar-refractivity contribution in [3.63, 3.8) is 0 Å². The number of carbonyl (C=O) groups is 1. The molecule has 4 N–H and O–H groups in total. The maximum Gasteiger partial charge on any atom is 0.237 e. The topological polar surface area (TPSA) is 100 Å². The second kappa shape index (κ2) is 4.16. The fourth-order valence-corrected chi connectivity index (χ4v) is 2.09. The van der Waals surface area contributed by atoms with Gasteiger partial charge in [-0.3, -0.25) is 4.79 Å². The molecule has 0 fully saturated rings. The minimum absolute atomic E-state index is 0.0421. The van der Waals surface area contributed by atoms with Crippen LogP contribution in [-0.4, -0.2) is 15.5 Å². The van der Waals surface area contributed by atoms with Gasteiger partial charge in [-0.15, -0.1) is 0 Å². The normalized spacial score (nSPS) is 10.9. The molecule has 0 bridgehead atoms. The van der Waals surface area contributed by atoms with E-state index in [1.807, 2.05) is 24.3 Å². The summed E-state index contributed by atoms with van der Waals surface area (Å²) in [5, 5.41) is 0. The summed E-state index contributed by atoms with van der Waals surface area (Å²) < 4.78 is 6.80. The first-order chi connectivity index (χ1) is 9.16. The third-order valence-corrected chi connectivity index (χ3v) is 2.90. The monoisotopic (exact) mass is 256 g/mol. The van der Waals surface area contributed by atoms with E-state index in [0.29, 0.717) is 17.1 Å². The Kier molecular flexibility index (Phi) is 2.49. The first-order valence-electron chi connectivity index (χ1n) is 5.72. The van der Waals surface area contributed by atoms with E-state index in [0.717, 1.165) is 11.0 Å². The number of para-hydroxylation sites is 2. The van der Waals surface area contributed by atoms with Crippen LogP contribution in [0.3, 0.4) is 0 Å². The predicted octanol–water partition coefficient (Wildman–Crippen LogP) is 1.36. The van der Waals surface area contributed by atoms with Crippen LogP contribution < -0.4 is 11.5 Å². The molecule has 0 unspecified atom stereocenters. The number of amides is 1. The summed E-state index contributed by atoms with van der Waals surface area (Å²) in [6.07, 6.45) is 2.94. The van der Waals surface area contributed by atoms with Gasteiger partial charge < -0.3 is 20.5 Å². The van der Waals surface area contributed by atoms with Gasteiger partial charge in [0.15, 0.2) is 0 Å². The van der Waals surface area contributed by atoms with Crippen molar-refractivity contribution < 1.29 is 9.21 Å². The molecule has 0 aliphatic carbocycles. The number of carbonyl (C=O) groups excluding carboxylic acids is 1. The summed E-state index contributed by atoms with van der Waals surface area (Å²) in [5.41, 5.74) is 13.9. The summed E-state index contributed by atoms with van der Waals surface area (Å²) in [4.78, 5) is 15.7. The van der Waals surface area contributed by atoms with Gasteiger partial charge in [-0.25, -0.2) is 4.98 Å². The number of hydrogen-bond acceptors (Lipinski definition) is 4. The van der Waals surface area contributed by atoms with Gasteiger partial charge in [0.25, 0.3) is 0 Å². The molecule has 0 aliphatic rings. The van der Waals surface area contributed by atoms with Crippen molar-refractivity contribution in [1.82, 2.24) is 9.55 Å². The number of benzene rings is 1. The molecule has 6 heteroatoms. The fraction of sp³-hybridized carbons (Fsp3) is 0.0769. The van der Waals surface area contributed by atoms with Crippen LogP contribution in [0.15, 0.2) is 41.2 Å². The molecule has 3 rings (SSSR count). The molecular weight excluding hydrogens is 244 g/mol. The molecule has 0 saturated carbocycles. The number of nitrogen functional groups attached to an aromatic ring is 1. The van der Waals surface area contributed by atoms with Crippen LogP contribution in [0, 0.1) is 0 Å². The van der Waals surface area contributed by atoms with Crippen LogP contribution in [0.4, 0.5) is 5.69 Å². The quantitative estimate of drug-likeness (QED) is 0.738. The van der Waals surface area contributed by atoms with E-state index in [1.54, 1.807) is 4.57 Å². The lowest BCUT2D eigenvalue weighted by Crippen LogP contribution is -2.19. The zero-order valence-corrected chi connectivity index (χ0v) is 10.0. The molecule has 2 heterocycles. The average molecular weight is 256 g/mol. The van der Waals surface area contributed by atoms with E-state index in [4.69, 9.17) is 15.9 Å². The molecule has 19 heavy (non-hydrogen) atoms. The zero-order valence-electron chi connectivity index (χ0n) is 10.0. The van der Waals surface area contributed by atoms with Crippen LogP contribution in [0.1, 0.15) is 0 Å². The van der Waals surface area contributed by atoms with E-state index in [2.05, 4.69) is 4.98 Å². The highest BCUT2D eigenvalue weighted by atomic mass is 16.3. The molecule has 0 spiro atoms. The maximum atomic E-state index is 11.2. The van der Waals surface area contributed by atoms with Crippen LogP contribution in [0.25, 0.3) is 22.4 Å². The van der Waals surface area contributed by atoms with E-state index in [-0.39, 0.29) is 6.54 Å². The number of nitrogens with zero attached hydrogens (tertiary/aromatic N) is 2. The Bertz CT molecular complexity index is 757. The summed E-state index contributed by atoms with van der Waals surface area (Å²) in [7, 11) is 0.